The average Bonchev–Trinajstić information content (AvgIpc) is 3.02. The molecule has 6 heteroatoms. The van der Waals surface area contributed by atoms with E-state index in [2.05, 4.69) is 11.1 Å². The first kappa shape index (κ1) is 15.7. The predicted octanol–water partition coefficient (Wildman–Crippen LogP) is 3.82. The molecule has 1 N–H and O–H groups in total. The SMILES string of the molecule is N#CC(=Cc1ccc(OCC(=O)O)cc1)c1nc2ccccc2s1. The van der Waals surface area contributed by atoms with E-state index in [1.54, 1.807) is 30.3 Å². The second-order valence-electron chi connectivity index (χ2n) is 4.91. The normalized spacial score (nSPS) is 11.2. The minimum absolute atomic E-state index is 0.385. The molecule has 0 amide bonds. The number of nitrogens with zero attached hydrogens (tertiary/aromatic N) is 2. The molecule has 1 heterocycles. The van der Waals surface area contributed by atoms with E-state index in [1.807, 2.05) is 24.3 Å². The monoisotopic (exact) mass is 336 g/mol. The lowest BCUT2D eigenvalue weighted by Gasteiger charge is -2.03. The second-order valence-corrected chi connectivity index (χ2v) is 5.94. The molecule has 0 atom stereocenters. The summed E-state index contributed by atoms with van der Waals surface area (Å²) in [7, 11) is 0. The molecule has 3 rings (SSSR count). The van der Waals surface area contributed by atoms with Crippen molar-refractivity contribution in [2.75, 3.05) is 6.61 Å². The third-order valence-electron chi connectivity index (χ3n) is 3.20. The highest BCUT2D eigenvalue weighted by atomic mass is 32.1. The van der Waals surface area contributed by atoms with Crippen LogP contribution in [0.4, 0.5) is 0 Å². The van der Waals surface area contributed by atoms with Crippen LogP contribution in [0.1, 0.15) is 10.6 Å². The Morgan fingerprint density at radius 3 is 2.67 bits per heavy atom. The molecule has 0 bridgehead atoms. The fourth-order valence-corrected chi connectivity index (χ4v) is 3.03. The number of thiazole rings is 1. The van der Waals surface area contributed by atoms with Crippen molar-refractivity contribution in [3.05, 3.63) is 59.1 Å². The van der Waals surface area contributed by atoms with E-state index in [0.29, 0.717) is 16.3 Å². The van der Waals surface area contributed by atoms with Gasteiger partial charge in [0.15, 0.2) is 6.61 Å². The number of hydrogen-bond donors (Lipinski definition) is 1. The van der Waals surface area contributed by atoms with Crippen LogP contribution in [0.3, 0.4) is 0 Å². The Morgan fingerprint density at radius 2 is 2.00 bits per heavy atom. The maximum atomic E-state index is 10.5. The Hall–Kier alpha value is -3.17. The minimum Gasteiger partial charge on any atom is -0.482 e. The summed E-state index contributed by atoms with van der Waals surface area (Å²) in [4.78, 5) is 15.0. The number of hydrogen-bond acceptors (Lipinski definition) is 5. The molecule has 1 aromatic heterocycles. The van der Waals surface area contributed by atoms with E-state index in [0.717, 1.165) is 15.8 Å². The third kappa shape index (κ3) is 3.59. The van der Waals surface area contributed by atoms with Gasteiger partial charge in [-0.15, -0.1) is 11.3 Å². The molecule has 0 saturated heterocycles. The Kier molecular flexibility index (Phi) is 4.54. The fraction of sp³-hybridized carbons (Fsp3) is 0.0556. The van der Waals surface area contributed by atoms with Crippen LogP contribution in [0.25, 0.3) is 21.9 Å². The maximum absolute atomic E-state index is 10.5. The van der Waals surface area contributed by atoms with E-state index in [9.17, 15) is 10.1 Å². The Bertz CT molecular complexity index is 919. The number of aromatic nitrogens is 1. The van der Waals surface area contributed by atoms with Gasteiger partial charge in [0.2, 0.25) is 0 Å². The molecule has 0 aliphatic heterocycles. The second kappa shape index (κ2) is 6.94. The number of carboxylic acids is 1. The number of ether oxygens (including phenoxy) is 1. The van der Waals surface area contributed by atoms with Gasteiger partial charge in [0.05, 0.1) is 15.8 Å². The summed E-state index contributed by atoms with van der Waals surface area (Å²) in [5.41, 5.74) is 2.17. The topological polar surface area (TPSA) is 83.2 Å². The summed E-state index contributed by atoms with van der Waals surface area (Å²) in [5, 5.41) is 18.7. The molecule has 0 radical (unpaired) electrons. The molecular formula is C18H12N2O3S. The van der Waals surface area contributed by atoms with Gasteiger partial charge in [-0.1, -0.05) is 24.3 Å². The molecule has 2 aromatic carbocycles. The molecular weight excluding hydrogens is 324 g/mol. The van der Waals surface area contributed by atoms with Gasteiger partial charge in [-0.25, -0.2) is 9.78 Å². The number of aliphatic carboxylic acids is 1. The number of benzene rings is 2. The van der Waals surface area contributed by atoms with Crippen molar-refractivity contribution < 1.29 is 14.6 Å². The zero-order valence-electron chi connectivity index (χ0n) is 12.5. The zero-order chi connectivity index (χ0) is 16.9. The van der Waals surface area contributed by atoms with Crippen LogP contribution in [0.2, 0.25) is 0 Å². The maximum Gasteiger partial charge on any atom is 0.341 e. The molecule has 118 valence electrons. The van der Waals surface area contributed by atoms with Crippen molar-refractivity contribution in [3.63, 3.8) is 0 Å². The number of para-hydroxylation sites is 1. The Balaban J connectivity index is 1.85. The lowest BCUT2D eigenvalue weighted by atomic mass is 10.1. The number of carbonyl (C=O) groups is 1. The molecule has 0 aliphatic rings. The van der Waals surface area contributed by atoms with Crippen LogP contribution in [-0.2, 0) is 4.79 Å². The Morgan fingerprint density at radius 1 is 1.25 bits per heavy atom. The molecule has 3 aromatic rings. The Labute approximate surface area is 142 Å². The lowest BCUT2D eigenvalue weighted by Crippen LogP contribution is -2.09. The quantitative estimate of drug-likeness (QED) is 0.716. The number of carboxylic acid groups (broad SMARTS) is 1. The smallest absolute Gasteiger partial charge is 0.341 e. The van der Waals surface area contributed by atoms with Crippen molar-refractivity contribution in [3.8, 4) is 11.8 Å². The van der Waals surface area contributed by atoms with Gasteiger partial charge in [-0.2, -0.15) is 5.26 Å². The van der Waals surface area contributed by atoms with Crippen molar-refractivity contribution in [1.29, 1.82) is 5.26 Å². The van der Waals surface area contributed by atoms with E-state index < -0.39 is 5.97 Å². The number of rotatable bonds is 5. The fourth-order valence-electron chi connectivity index (χ4n) is 2.10. The van der Waals surface area contributed by atoms with Crippen LogP contribution in [0.15, 0.2) is 48.5 Å². The van der Waals surface area contributed by atoms with Crippen molar-refractivity contribution in [1.82, 2.24) is 4.98 Å². The van der Waals surface area contributed by atoms with Gasteiger partial charge in [-0.3, -0.25) is 0 Å². The molecule has 0 spiro atoms. The highest BCUT2D eigenvalue weighted by Crippen LogP contribution is 2.28. The summed E-state index contributed by atoms with van der Waals surface area (Å²) in [6, 6.07) is 16.8. The summed E-state index contributed by atoms with van der Waals surface area (Å²) >= 11 is 1.47. The number of fused-ring (bicyclic) bond motifs is 1. The summed E-state index contributed by atoms with van der Waals surface area (Å²) in [6.07, 6.45) is 1.75. The number of allylic oxidation sites excluding steroid dienone is 1. The van der Waals surface area contributed by atoms with Gasteiger partial charge < -0.3 is 9.84 Å². The molecule has 0 unspecified atom stereocenters. The van der Waals surface area contributed by atoms with Gasteiger partial charge in [0.1, 0.15) is 16.8 Å². The molecule has 0 fully saturated rings. The summed E-state index contributed by atoms with van der Waals surface area (Å²) < 4.78 is 6.12. The molecule has 0 saturated carbocycles. The molecule has 5 nitrogen and oxygen atoms in total. The minimum atomic E-state index is -1.03. The first-order chi connectivity index (χ1) is 11.7. The van der Waals surface area contributed by atoms with Crippen LogP contribution in [0.5, 0.6) is 5.75 Å². The third-order valence-corrected chi connectivity index (χ3v) is 4.27. The number of nitriles is 1. The van der Waals surface area contributed by atoms with Crippen LogP contribution in [-0.4, -0.2) is 22.7 Å². The largest absolute Gasteiger partial charge is 0.482 e. The van der Waals surface area contributed by atoms with Crippen LogP contribution < -0.4 is 4.74 Å². The van der Waals surface area contributed by atoms with Crippen molar-refractivity contribution >= 4 is 39.2 Å². The molecule has 24 heavy (non-hydrogen) atoms. The highest BCUT2D eigenvalue weighted by molar-refractivity contribution is 7.19. The van der Waals surface area contributed by atoms with Crippen LogP contribution in [0, 0.1) is 11.3 Å². The summed E-state index contributed by atoms with van der Waals surface area (Å²) in [5.74, 6) is -0.561. The van der Waals surface area contributed by atoms with Gasteiger partial charge in [0, 0.05) is 0 Å². The first-order valence-electron chi connectivity index (χ1n) is 7.08. The van der Waals surface area contributed by atoms with Gasteiger partial charge in [-0.05, 0) is 35.9 Å². The van der Waals surface area contributed by atoms with E-state index in [-0.39, 0.29) is 6.61 Å². The van der Waals surface area contributed by atoms with E-state index >= 15 is 0 Å². The van der Waals surface area contributed by atoms with Crippen molar-refractivity contribution in [2.45, 2.75) is 0 Å². The predicted molar refractivity (Wildman–Crippen MR) is 92.7 cm³/mol. The molecule has 0 aliphatic carbocycles. The zero-order valence-corrected chi connectivity index (χ0v) is 13.3. The van der Waals surface area contributed by atoms with Gasteiger partial charge in [0.25, 0.3) is 0 Å². The van der Waals surface area contributed by atoms with Crippen LogP contribution >= 0.6 is 11.3 Å². The van der Waals surface area contributed by atoms with E-state index in [4.69, 9.17) is 9.84 Å². The summed E-state index contributed by atoms with van der Waals surface area (Å²) in [6.45, 7) is -0.385. The lowest BCUT2D eigenvalue weighted by molar-refractivity contribution is -0.139. The van der Waals surface area contributed by atoms with Crippen molar-refractivity contribution in [2.24, 2.45) is 0 Å². The van der Waals surface area contributed by atoms with E-state index in [1.165, 1.54) is 11.3 Å². The first-order valence-corrected chi connectivity index (χ1v) is 7.90. The highest BCUT2D eigenvalue weighted by Gasteiger charge is 2.08. The van der Waals surface area contributed by atoms with Gasteiger partial charge >= 0.3 is 5.97 Å². The standard InChI is InChI=1S/C18H12N2O3S/c19-10-13(18-20-15-3-1-2-4-16(15)24-18)9-12-5-7-14(8-6-12)23-11-17(21)22/h1-9H,11H2,(H,21,22). The average molecular weight is 336 g/mol.